The summed E-state index contributed by atoms with van der Waals surface area (Å²) in [6.45, 7) is 1.90. The van der Waals surface area contributed by atoms with Gasteiger partial charge in [-0.3, -0.25) is 4.79 Å². The quantitative estimate of drug-likeness (QED) is 0.383. The van der Waals surface area contributed by atoms with E-state index in [2.05, 4.69) is 0 Å². The number of aliphatic carboxylic acids is 1. The number of hydrogen-bond donors (Lipinski definition) is 4. The van der Waals surface area contributed by atoms with E-state index in [-0.39, 0.29) is 6.42 Å². The summed E-state index contributed by atoms with van der Waals surface area (Å²) in [5.74, 6) is -0.857. The molecule has 3 atom stereocenters. The van der Waals surface area contributed by atoms with Crippen LogP contribution >= 0.6 is 0 Å². The second kappa shape index (κ2) is 15.6. The van der Waals surface area contributed by atoms with Crippen LogP contribution < -0.4 is 0 Å². The number of carboxylic acid groups (broad SMARTS) is 1. The molecule has 0 aromatic heterocycles. The van der Waals surface area contributed by atoms with E-state index >= 15 is 0 Å². The van der Waals surface area contributed by atoms with Gasteiger partial charge < -0.3 is 20.4 Å². The van der Waals surface area contributed by atoms with Crippen molar-refractivity contribution in [2.45, 2.75) is 57.3 Å². The Bertz CT molecular complexity index is 488. The summed E-state index contributed by atoms with van der Waals surface area (Å²) in [6, 6.07) is 0. The predicted octanol–water partition coefficient (Wildman–Crippen LogP) is 2.91. The van der Waals surface area contributed by atoms with Crippen molar-refractivity contribution in [1.82, 2.24) is 0 Å². The van der Waals surface area contributed by atoms with Gasteiger partial charge in [-0.1, -0.05) is 67.7 Å². The number of aliphatic hydroxyl groups excluding tert-OH is 3. The van der Waals surface area contributed by atoms with Crippen LogP contribution in [-0.4, -0.2) is 44.7 Å². The third-order valence-electron chi connectivity index (χ3n) is 3.27. The minimum absolute atomic E-state index is 0.0603. The first kappa shape index (κ1) is 23.1. The highest BCUT2D eigenvalue weighted by atomic mass is 16.4. The van der Waals surface area contributed by atoms with Crippen LogP contribution in [0.2, 0.25) is 0 Å². The van der Waals surface area contributed by atoms with Crippen molar-refractivity contribution in [2.75, 3.05) is 0 Å². The number of hydrogen-bond acceptors (Lipinski definition) is 4. The zero-order chi connectivity index (χ0) is 18.9. The van der Waals surface area contributed by atoms with Crippen molar-refractivity contribution in [3.63, 3.8) is 0 Å². The van der Waals surface area contributed by atoms with E-state index in [1.807, 2.05) is 13.0 Å². The molecule has 25 heavy (non-hydrogen) atoms. The van der Waals surface area contributed by atoms with Gasteiger partial charge in [0.25, 0.3) is 0 Å². The molecule has 0 fully saturated rings. The smallest absolute Gasteiger partial charge is 0.303 e. The van der Waals surface area contributed by atoms with Gasteiger partial charge in [0.1, 0.15) is 0 Å². The molecule has 0 aliphatic carbocycles. The minimum atomic E-state index is -0.857. The molecule has 0 radical (unpaired) electrons. The third kappa shape index (κ3) is 16.7. The molecule has 0 aliphatic heterocycles. The molecule has 0 heterocycles. The molecular weight excluding hydrogens is 320 g/mol. The molecule has 5 nitrogen and oxygen atoms in total. The summed E-state index contributed by atoms with van der Waals surface area (Å²) >= 11 is 0. The van der Waals surface area contributed by atoms with E-state index in [1.165, 1.54) is 0 Å². The fraction of sp³-hybridized carbons (Fsp3) is 0.450. The van der Waals surface area contributed by atoms with Crippen LogP contribution in [0.3, 0.4) is 0 Å². The summed E-state index contributed by atoms with van der Waals surface area (Å²) in [6.07, 6.45) is 17.6. The summed E-state index contributed by atoms with van der Waals surface area (Å²) in [5, 5.41) is 37.2. The maximum atomic E-state index is 10.3. The Balaban J connectivity index is 3.95. The Morgan fingerprint density at radius 1 is 0.840 bits per heavy atom. The summed E-state index contributed by atoms with van der Waals surface area (Å²) in [7, 11) is 0. The largest absolute Gasteiger partial charge is 0.481 e. The SMILES string of the molecule is CC[C@@H](O)/C=C/C=C\C[C@@H](O)/C=C/C=C/C=C\C(O)CCCC(=O)O. The van der Waals surface area contributed by atoms with Crippen LogP contribution in [0.5, 0.6) is 0 Å². The van der Waals surface area contributed by atoms with Crippen LogP contribution in [0.4, 0.5) is 0 Å². The first-order chi connectivity index (χ1) is 12.0. The highest BCUT2D eigenvalue weighted by Crippen LogP contribution is 2.02. The van der Waals surface area contributed by atoms with Gasteiger partial charge in [-0.05, 0) is 25.7 Å². The molecule has 0 spiro atoms. The second-order valence-electron chi connectivity index (χ2n) is 5.60. The Labute approximate surface area is 150 Å². The number of rotatable bonds is 13. The average molecular weight is 350 g/mol. The zero-order valence-corrected chi connectivity index (χ0v) is 14.7. The molecule has 0 aliphatic rings. The van der Waals surface area contributed by atoms with Gasteiger partial charge in [-0.15, -0.1) is 0 Å². The lowest BCUT2D eigenvalue weighted by Crippen LogP contribution is -2.03. The molecule has 0 rings (SSSR count). The van der Waals surface area contributed by atoms with Crippen LogP contribution in [0.25, 0.3) is 0 Å². The molecule has 140 valence electrons. The van der Waals surface area contributed by atoms with Gasteiger partial charge in [0.05, 0.1) is 18.3 Å². The summed E-state index contributed by atoms with van der Waals surface area (Å²) in [5.41, 5.74) is 0. The Morgan fingerprint density at radius 2 is 1.40 bits per heavy atom. The lowest BCUT2D eigenvalue weighted by molar-refractivity contribution is -0.137. The first-order valence-electron chi connectivity index (χ1n) is 8.56. The van der Waals surface area contributed by atoms with E-state index in [1.54, 1.807) is 54.7 Å². The van der Waals surface area contributed by atoms with Gasteiger partial charge in [0.15, 0.2) is 0 Å². The first-order valence-corrected chi connectivity index (χ1v) is 8.56. The maximum absolute atomic E-state index is 10.3. The predicted molar refractivity (Wildman–Crippen MR) is 100 cm³/mol. The highest BCUT2D eigenvalue weighted by Gasteiger charge is 2.01. The number of aliphatic hydroxyl groups is 3. The van der Waals surface area contributed by atoms with Gasteiger partial charge in [-0.2, -0.15) is 0 Å². The number of carboxylic acids is 1. The van der Waals surface area contributed by atoms with E-state index in [4.69, 9.17) is 5.11 Å². The van der Waals surface area contributed by atoms with E-state index in [9.17, 15) is 20.1 Å². The lowest BCUT2D eigenvalue weighted by Gasteiger charge is -2.02. The van der Waals surface area contributed by atoms with Crippen LogP contribution in [-0.2, 0) is 4.79 Å². The van der Waals surface area contributed by atoms with Crippen LogP contribution in [0.1, 0.15) is 39.0 Å². The fourth-order valence-electron chi connectivity index (χ4n) is 1.78. The molecule has 0 saturated carbocycles. The molecule has 0 bridgehead atoms. The molecule has 0 saturated heterocycles. The van der Waals surface area contributed by atoms with Crippen molar-refractivity contribution < 1.29 is 25.2 Å². The average Bonchev–Trinajstić information content (AvgIpc) is 2.57. The van der Waals surface area contributed by atoms with Gasteiger partial charge in [-0.25, -0.2) is 0 Å². The normalized spacial score (nSPS) is 16.6. The van der Waals surface area contributed by atoms with Gasteiger partial charge >= 0.3 is 5.97 Å². The van der Waals surface area contributed by atoms with Gasteiger partial charge in [0, 0.05) is 6.42 Å². The molecule has 0 aromatic rings. The van der Waals surface area contributed by atoms with Crippen molar-refractivity contribution in [2.24, 2.45) is 0 Å². The lowest BCUT2D eigenvalue weighted by atomic mass is 10.1. The zero-order valence-electron chi connectivity index (χ0n) is 14.7. The molecule has 4 N–H and O–H groups in total. The van der Waals surface area contributed by atoms with E-state index < -0.39 is 24.3 Å². The van der Waals surface area contributed by atoms with Gasteiger partial charge in [0.2, 0.25) is 0 Å². The van der Waals surface area contributed by atoms with E-state index in [0.717, 1.165) is 0 Å². The molecule has 0 aromatic carbocycles. The van der Waals surface area contributed by atoms with Crippen molar-refractivity contribution in [3.8, 4) is 0 Å². The monoisotopic (exact) mass is 350 g/mol. The number of carbonyl (C=O) groups is 1. The van der Waals surface area contributed by atoms with Crippen molar-refractivity contribution >= 4 is 5.97 Å². The van der Waals surface area contributed by atoms with Crippen LogP contribution in [0, 0.1) is 0 Å². The van der Waals surface area contributed by atoms with Crippen LogP contribution in [0.15, 0.2) is 60.8 Å². The topological polar surface area (TPSA) is 98.0 Å². The molecule has 0 amide bonds. The minimum Gasteiger partial charge on any atom is -0.481 e. The van der Waals surface area contributed by atoms with Crippen molar-refractivity contribution in [3.05, 3.63) is 60.8 Å². The third-order valence-corrected chi connectivity index (χ3v) is 3.27. The second-order valence-corrected chi connectivity index (χ2v) is 5.60. The maximum Gasteiger partial charge on any atom is 0.303 e. The molecule has 1 unspecified atom stereocenters. The Kier molecular flexibility index (Phi) is 14.4. The molecular formula is C20H30O5. The Morgan fingerprint density at radius 3 is 2.00 bits per heavy atom. The summed E-state index contributed by atoms with van der Waals surface area (Å²) in [4.78, 5) is 10.3. The van der Waals surface area contributed by atoms with Crippen molar-refractivity contribution in [1.29, 1.82) is 0 Å². The summed E-state index contributed by atoms with van der Waals surface area (Å²) < 4.78 is 0. The Hall–Kier alpha value is -1.95. The fourth-order valence-corrected chi connectivity index (χ4v) is 1.78. The number of allylic oxidation sites excluding steroid dienone is 6. The standard InChI is InChI=1S/C20H30O5/c1-2-17(21)11-8-5-9-14-18(22)12-6-3-4-7-13-19(23)15-10-16-20(24)25/h3-9,11-13,17-19,21-23H,2,10,14-16H2,1H3,(H,24,25)/b4-3+,9-5-,11-8+,12-6+,13-7-/t17-,18+,19?/m1/s1. The highest BCUT2D eigenvalue weighted by molar-refractivity contribution is 5.66. The van der Waals surface area contributed by atoms with E-state index in [0.29, 0.717) is 25.7 Å². The molecule has 5 heteroatoms.